The Kier molecular flexibility index (Phi) is 2.41. The summed E-state index contributed by atoms with van der Waals surface area (Å²) >= 11 is 0. The molecule has 1 N–H and O–H groups in total. The Labute approximate surface area is 99.6 Å². The first kappa shape index (κ1) is 11.1. The van der Waals surface area contributed by atoms with Crippen LogP contribution in [0, 0.1) is 23.2 Å². The van der Waals surface area contributed by atoms with Crippen molar-refractivity contribution < 1.29 is 5.11 Å². The van der Waals surface area contributed by atoms with Crippen molar-refractivity contribution in [2.45, 2.75) is 70.8 Å². The highest BCUT2D eigenvalue weighted by atomic mass is 16.3. The smallest absolute Gasteiger partial charge is 0.0675 e. The van der Waals surface area contributed by atoms with E-state index in [0.29, 0.717) is 5.41 Å². The normalized spacial score (nSPS) is 49.3. The summed E-state index contributed by atoms with van der Waals surface area (Å²) in [5.41, 5.74) is -0.0878. The minimum atomic E-state index is -0.391. The van der Waals surface area contributed by atoms with Gasteiger partial charge in [-0.3, -0.25) is 0 Å². The molecule has 4 aliphatic carbocycles. The number of hydrogen-bond acceptors (Lipinski definition) is 1. The molecule has 0 aliphatic heterocycles. The molecule has 4 bridgehead atoms. The van der Waals surface area contributed by atoms with Crippen molar-refractivity contribution >= 4 is 0 Å². The van der Waals surface area contributed by atoms with Gasteiger partial charge in [0.05, 0.1) is 5.60 Å². The minimum absolute atomic E-state index is 0.303. The van der Waals surface area contributed by atoms with Crippen molar-refractivity contribution in [1.82, 2.24) is 0 Å². The van der Waals surface area contributed by atoms with Crippen LogP contribution in [0.3, 0.4) is 0 Å². The van der Waals surface area contributed by atoms with E-state index in [1.165, 1.54) is 38.5 Å². The first-order valence-corrected chi connectivity index (χ1v) is 7.27. The highest BCUT2D eigenvalue weighted by Gasteiger charge is 2.57. The lowest BCUT2D eigenvalue weighted by molar-refractivity contribution is -0.173. The van der Waals surface area contributed by atoms with Crippen LogP contribution in [0.25, 0.3) is 0 Å². The lowest BCUT2D eigenvalue weighted by Gasteiger charge is -2.61. The standard InChI is InChI=1S/C15H26O/c1-3-4-14(2,16)15-8-11-5-12(9-15)7-13(6-11)10-15/h11-13,16H,3-10H2,1-2H3. The molecule has 0 heterocycles. The number of hydrogen-bond donors (Lipinski definition) is 1. The summed E-state index contributed by atoms with van der Waals surface area (Å²) < 4.78 is 0. The van der Waals surface area contributed by atoms with Crippen molar-refractivity contribution in [2.24, 2.45) is 23.2 Å². The molecule has 0 saturated heterocycles. The second kappa shape index (κ2) is 3.48. The van der Waals surface area contributed by atoms with Crippen molar-refractivity contribution in [2.75, 3.05) is 0 Å². The van der Waals surface area contributed by atoms with Crippen molar-refractivity contribution in [1.29, 1.82) is 0 Å². The maximum Gasteiger partial charge on any atom is 0.0675 e. The average molecular weight is 222 g/mol. The summed E-state index contributed by atoms with van der Waals surface area (Å²) in [5, 5.41) is 10.9. The fourth-order valence-electron chi connectivity index (χ4n) is 5.52. The molecule has 1 atom stereocenters. The molecule has 4 rings (SSSR count). The Balaban J connectivity index is 1.88. The van der Waals surface area contributed by atoms with Crippen LogP contribution in [0.4, 0.5) is 0 Å². The Morgan fingerprint density at radius 3 is 1.88 bits per heavy atom. The fraction of sp³-hybridized carbons (Fsp3) is 1.00. The Bertz CT molecular complexity index is 244. The van der Waals surface area contributed by atoms with Gasteiger partial charge in [-0.25, -0.2) is 0 Å². The highest BCUT2D eigenvalue weighted by Crippen LogP contribution is 2.64. The SMILES string of the molecule is CCCC(C)(O)C12CC3CC(CC(C3)C1)C2. The van der Waals surface area contributed by atoms with Crippen molar-refractivity contribution in [3.05, 3.63) is 0 Å². The van der Waals surface area contributed by atoms with E-state index in [1.54, 1.807) is 0 Å². The third kappa shape index (κ3) is 1.47. The van der Waals surface area contributed by atoms with Crippen LogP contribution in [0.1, 0.15) is 65.2 Å². The predicted molar refractivity (Wildman–Crippen MR) is 66.1 cm³/mol. The second-order valence-corrected chi connectivity index (χ2v) is 7.22. The summed E-state index contributed by atoms with van der Waals surface area (Å²) in [6.07, 6.45) is 10.5. The Morgan fingerprint density at radius 1 is 1.06 bits per heavy atom. The zero-order chi connectivity index (χ0) is 11.4. The third-order valence-electron chi connectivity index (χ3n) is 5.92. The van der Waals surface area contributed by atoms with Gasteiger partial charge in [0.25, 0.3) is 0 Å². The number of aliphatic hydroxyl groups is 1. The van der Waals surface area contributed by atoms with Crippen LogP contribution in [-0.4, -0.2) is 10.7 Å². The molecule has 1 heteroatoms. The van der Waals surface area contributed by atoms with Gasteiger partial charge in [0.15, 0.2) is 0 Å². The number of rotatable bonds is 3. The molecule has 1 unspecified atom stereocenters. The van der Waals surface area contributed by atoms with Crippen molar-refractivity contribution in [3.8, 4) is 0 Å². The van der Waals surface area contributed by atoms with Gasteiger partial charge < -0.3 is 5.11 Å². The first-order chi connectivity index (χ1) is 7.55. The Morgan fingerprint density at radius 2 is 1.50 bits per heavy atom. The van der Waals surface area contributed by atoms with E-state index >= 15 is 0 Å². The molecular weight excluding hydrogens is 196 g/mol. The summed E-state index contributed by atoms with van der Waals surface area (Å²) in [6.45, 7) is 4.33. The summed E-state index contributed by atoms with van der Waals surface area (Å²) in [4.78, 5) is 0. The molecule has 0 spiro atoms. The topological polar surface area (TPSA) is 20.2 Å². The molecular formula is C15H26O. The van der Waals surface area contributed by atoms with E-state index < -0.39 is 5.60 Å². The first-order valence-electron chi connectivity index (χ1n) is 7.27. The van der Waals surface area contributed by atoms with Crippen LogP contribution < -0.4 is 0 Å². The molecule has 4 aliphatic rings. The molecule has 0 radical (unpaired) electrons. The van der Waals surface area contributed by atoms with Gasteiger partial charge in [-0.2, -0.15) is 0 Å². The van der Waals surface area contributed by atoms with E-state index in [1.807, 2.05) is 0 Å². The van der Waals surface area contributed by atoms with Crippen molar-refractivity contribution in [3.63, 3.8) is 0 Å². The maximum absolute atomic E-state index is 10.9. The molecule has 16 heavy (non-hydrogen) atoms. The fourth-order valence-corrected chi connectivity index (χ4v) is 5.52. The Hall–Kier alpha value is -0.0400. The van der Waals surface area contributed by atoms with Crippen LogP contribution in [-0.2, 0) is 0 Å². The molecule has 92 valence electrons. The largest absolute Gasteiger partial charge is 0.390 e. The summed E-state index contributed by atoms with van der Waals surface area (Å²) in [7, 11) is 0. The maximum atomic E-state index is 10.9. The molecule has 0 amide bonds. The van der Waals surface area contributed by atoms with Crippen LogP contribution in [0.5, 0.6) is 0 Å². The average Bonchev–Trinajstić information content (AvgIpc) is 2.14. The van der Waals surface area contributed by atoms with Gasteiger partial charge in [0.1, 0.15) is 0 Å². The van der Waals surface area contributed by atoms with E-state index in [4.69, 9.17) is 0 Å². The lowest BCUT2D eigenvalue weighted by atomic mass is 9.45. The van der Waals surface area contributed by atoms with Crippen LogP contribution in [0.15, 0.2) is 0 Å². The van der Waals surface area contributed by atoms with Gasteiger partial charge in [-0.15, -0.1) is 0 Å². The quantitative estimate of drug-likeness (QED) is 0.771. The van der Waals surface area contributed by atoms with E-state index in [-0.39, 0.29) is 0 Å². The third-order valence-corrected chi connectivity index (χ3v) is 5.92. The molecule has 1 nitrogen and oxygen atoms in total. The van der Waals surface area contributed by atoms with Gasteiger partial charge in [0, 0.05) is 0 Å². The molecule has 0 aromatic carbocycles. The van der Waals surface area contributed by atoms with E-state index in [0.717, 1.165) is 30.6 Å². The van der Waals surface area contributed by atoms with Crippen LogP contribution >= 0.6 is 0 Å². The lowest BCUT2D eigenvalue weighted by Crippen LogP contribution is -2.57. The molecule has 4 saturated carbocycles. The minimum Gasteiger partial charge on any atom is -0.390 e. The van der Waals surface area contributed by atoms with E-state index in [9.17, 15) is 5.11 Å². The molecule has 4 fully saturated rings. The van der Waals surface area contributed by atoms with Gasteiger partial charge in [0.2, 0.25) is 0 Å². The van der Waals surface area contributed by atoms with E-state index in [2.05, 4.69) is 13.8 Å². The highest BCUT2D eigenvalue weighted by molar-refractivity contribution is 5.08. The van der Waals surface area contributed by atoms with Gasteiger partial charge in [-0.05, 0) is 75.0 Å². The summed E-state index contributed by atoms with van der Waals surface area (Å²) in [6, 6.07) is 0. The molecule has 0 aromatic rings. The second-order valence-electron chi connectivity index (χ2n) is 7.22. The monoisotopic (exact) mass is 222 g/mol. The van der Waals surface area contributed by atoms with Gasteiger partial charge in [-0.1, -0.05) is 13.3 Å². The van der Waals surface area contributed by atoms with Crippen LogP contribution in [0.2, 0.25) is 0 Å². The zero-order valence-electron chi connectivity index (χ0n) is 10.8. The van der Waals surface area contributed by atoms with Gasteiger partial charge >= 0.3 is 0 Å². The predicted octanol–water partition coefficient (Wildman–Crippen LogP) is 3.75. The molecule has 0 aromatic heterocycles. The zero-order valence-corrected chi connectivity index (χ0v) is 10.8. The summed E-state index contributed by atoms with van der Waals surface area (Å²) in [5.74, 6) is 2.86.